The lowest BCUT2D eigenvalue weighted by Crippen LogP contribution is -2.35. The zero-order valence-electron chi connectivity index (χ0n) is 8.58. The van der Waals surface area contributed by atoms with Crippen molar-refractivity contribution in [1.82, 2.24) is 0 Å². The molecule has 2 atom stereocenters. The number of ether oxygens (including phenoxy) is 2. The van der Waals surface area contributed by atoms with Gasteiger partial charge in [-0.1, -0.05) is 13.3 Å². The van der Waals surface area contributed by atoms with Crippen molar-refractivity contribution >= 4 is 5.97 Å². The molecule has 0 aliphatic heterocycles. The maximum Gasteiger partial charge on any atom is 0.323 e. The minimum atomic E-state index is -0.496. The highest BCUT2D eigenvalue weighted by Gasteiger charge is 2.16. The van der Waals surface area contributed by atoms with Crippen molar-refractivity contribution in [2.75, 3.05) is 13.7 Å². The number of carbonyl (C=O) groups excluding carboxylic acids is 1. The van der Waals surface area contributed by atoms with Gasteiger partial charge in [-0.25, -0.2) is 0 Å². The molecule has 0 aromatic rings. The quantitative estimate of drug-likeness (QED) is 0.624. The normalized spacial score (nSPS) is 15.1. The smallest absolute Gasteiger partial charge is 0.323 e. The van der Waals surface area contributed by atoms with Gasteiger partial charge in [0.05, 0.1) is 6.61 Å². The third-order valence-corrected chi connectivity index (χ3v) is 1.62. The highest BCUT2D eigenvalue weighted by molar-refractivity contribution is 5.75. The summed E-state index contributed by atoms with van der Waals surface area (Å²) in [6.07, 6.45) is 1.33. The van der Waals surface area contributed by atoms with E-state index in [0.29, 0.717) is 13.0 Å². The number of methoxy groups -OCH3 is 1. The number of rotatable bonds is 6. The Labute approximate surface area is 79.4 Å². The molecule has 0 aliphatic rings. The van der Waals surface area contributed by atoms with Crippen molar-refractivity contribution in [2.24, 2.45) is 5.73 Å². The Morgan fingerprint density at radius 1 is 1.54 bits per heavy atom. The van der Waals surface area contributed by atoms with E-state index in [1.807, 2.05) is 6.92 Å². The average Bonchev–Trinajstić information content (AvgIpc) is 2.05. The van der Waals surface area contributed by atoms with E-state index in [9.17, 15) is 4.79 Å². The van der Waals surface area contributed by atoms with Crippen LogP contribution in [0.15, 0.2) is 0 Å². The first-order valence-electron chi connectivity index (χ1n) is 4.56. The van der Waals surface area contributed by atoms with Crippen LogP contribution >= 0.6 is 0 Å². The monoisotopic (exact) mass is 189 g/mol. The minimum Gasteiger partial charge on any atom is -0.459 e. The second-order valence-corrected chi connectivity index (χ2v) is 3.10. The van der Waals surface area contributed by atoms with Crippen LogP contribution in [0.25, 0.3) is 0 Å². The maximum absolute atomic E-state index is 11.2. The Balaban J connectivity index is 3.71. The molecule has 4 nitrogen and oxygen atoms in total. The Bertz CT molecular complexity index is 150. The van der Waals surface area contributed by atoms with Gasteiger partial charge in [0.1, 0.15) is 12.1 Å². The first kappa shape index (κ1) is 12.4. The van der Waals surface area contributed by atoms with Crippen molar-refractivity contribution in [2.45, 2.75) is 38.8 Å². The molecule has 0 saturated carbocycles. The molecule has 0 radical (unpaired) electrons. The molecule has 0 bridgehead atoms. The number of esters is 1. The van der Waals surface area contributed by atoms with Crippen molar-refractivity contribution in [3.8, 4) is 0 Å². The molecule has 1 unspecified atom stereocenters. The lowest BCUT2D eigenvalue weighted by molar-refractivity contribution is -0.152. The van der Waals surface area contributed by atoms with E-state index in [2.05, 4.69) is 0 Å². The van der Waals surface area contributed by atoms with Crippen molar-refractivity contribution in [3.63, 3.8) is 0 Å². The summed E-state index contributed by atoms with van der Waals surface area (Å²) in [5.74, 6) is -0.341. The second kappa shape index (κ2) is 6.86. The van der Waals surface area contributed by atoms with E-state index < -0.39 is 6.04 Å². The molecule has 0 saturated heterocycles. The Hall–Kier alpha value is -0.610. The minimum absolute atomic E-state index is 0.222. The summed E-state index contributed by atoms with van der Waals surface area (Å²) in [4.78, 5) is 11.2. The molecule has 0 fully saturated rings. The van der Waals surface area contributed by atoms with Crippen LogP contribution in [0.2, 0.25) is 0 Å². The third kappa shape index (κ3) is 5.60. The largest absolute Gasteiger partial charge is 0.459 e. The number of hydrogen-bond donors (Lipinski definition) is 1. The van der Waals surface area contributed by atoms with Gasteiger partial charge >= 0.3 is 5.97 Å². The fraction of sp³-hybridized carbons (Fsp3) is 0.889. The molecular formula is C9H19NO3. The van der Waals surface area contributed by atoms with Crippen molar-refractivity contribution in [3.05, 3.63) is 0 Å². The highest BCUT2D eigenvalue weighted by atomic mass is 16.6. The average molecular weight is 189 g/mol. The SMILES string of the molecule is CCC[C@H](N)C(=O)OC(C)COC. The zero-order valence-corrected chi connectivity index (χ0v) is 8.58. The molecule has 13 heavy (non-hydrogen) atoms. The van der Waals surface area contributed by atoms with Crippen LogP contribution in [0.3, 0.4) is 0 Å². The fourth-order valence-electron chi connectivity index (χ4n) is 0.983. The van der Waals surface area contributed by atoms with Crippen LogP contribution < -0.4 is 5.73 Å². The second-order valence-electron chi connectivity index (χ2n) is 3.10. The van der Waals surface area contributed by atoms with Crippen molar-refractivity contribution in [1.29, 1.82) is 0 Å². The van der Waals surface area contributed by atoms with Crippen LogP contribution in [0, 0.1) is 0 Å². The summed E-state index contributed by atoms with van der Waals surface area (Å²) in [5.41, 5.74) is 5.56. The molecule has 0 aliphatic carbocycles. The lowest BCUT2D eigenvalue weighted by Gasteiger charge is -2.15. The standard InChI is InChI=1S/C9H19NO3/c1-4-5-8(10)9(11)13-7(2)6-12-3/h7-8H,4-6,10H2,1-3H3/t7?,8-/m0/s1. The van der Waals surface area contributed by atoms with Crippen LogP contribution in [0.5, 0.6) is 0 Å². The Kier molecular flexibility index (Phi) is 6.54. The molecule has 0 heterocycles. The third-order valence-electron chi connectivity index (χ3n) is 1.62. The Morgan fingerprint density at radius 2 is 2.15 bits per heavy atom. The van der Waals surface area contributed by atoms with Crippen LogP contribution in [0.1, 0.15) is 26.7 Å². The fourth-order valence-corrected chi connectivity index (χ4v) is 0.983. The molecule has 78 valence electrons. The van der Waals surface area contributed by atoms with Gasteiger partial charge < -0.3 is 15.2 Å². The van der Waals surface area contributed by atoms with E-state index in [1.165, 1.54) is 0 Å². The topological polar surface area (TPSA) is 61.6 Å². The van der Waals surface area contributed by atoms with E-state index in [0.717, 1.165) is 6.42 Å². The number of hydrogen-bond acceptors (Lipinski definition) is 4. The number of nitrogens with two attached hydrogens (primary N) is 1. The van der Waals surface area contributed by atoms with E-state index >= 15 is 0 Å². The lowest BCUT2D eigenvalue weighted by atomic mass is 10.2. The van der Waals surface area contributed by atoms with Gasteiger partial charge in [-0.15, -0.1) is 0 Å². The van der Waals surface area contributed by atoms with Gasteiger partial charge in [-0.05, 0) is 13.3 Å². The Morgan fingerprint density at radius 3 is 2.62 bits per heavy atom. The summed E-state index contributed by atoms with van der Waals surface area (Å²) < 4.78 is 9.84. The molecule has 0 aromatic heterocycles. The summed E-state index contributed by atoms with van der Waals surface area (Å²) in [7, 11) is 1.57. The predicted octanol–water partition coefficient (Wildman–Crippen LogP) is 0.692. The summed E-state index contributed by atoms with van der Waals surface area (Å²) in [6, 6.07) is -0.496. The number of carbonyl (C=O) groups is 1. The van der Waals surface area contributed by atoms with E-state index in [4.69, 9.17) is 15.2 Å². The molecule has 0 rings (SSSR count). The van der Waals surface area contributed by atoms with Gasteiger partial charge in [0.15, 0.2) is 0 Å². The van der Waals surface area contributed by atoms with Gasteiger partial charge in [-0.3, -0.25) is 4.79 Å². The summed E-state index contributed by atoms with van der Waals surface area (Å²) in [5, 5.41) is 0. The zero-order chi connectivity index (χ0) is 10.3. The van der Waals surface area contributed by atoms with Crippen LogP contribution in [-0.4, -0.2) is 31.8 Å². The van der Waals surface area contributed by atoms with Gasteiger partial charge in [-0.2, -0.15) is 0 Å². The van der Waals surface area contributed by atoms with Crippen LogP contribution in [-0.2, 0) is 14.3 Å². The first-order valence-corrected chi connectivity index (χ1v) is 4.56. The van der Waals surface area contributed by atoms with Crippen LogP contribution in [0.4, 0.5) is 0 Å². The predicted molar refractivity (Wildman–Crippen MR) is 50.3 cm³/mol. The highest BCUT2D eigenvalue weighted by Crippen LogP contribution is 1.99. The summed E-state index contributed by atoms with van der Waals surface area (Å²) in [6.45, 7) is 4.16. The van der Waals surface area contributed by atoms with E-state index in [-0.39, 0.29) is 12.1 Å². The molecular weight excluding hydrogens is 170 g/mol. The molecule has 0 amide bonds. The molecule has 4 heteroatoms. The summed E-state index contributed by atoms with van der Waals surface area (Å²) >= 11 is 0. The molecule has 0 spiro atoms. The van der Waals surface area contributed by atoms with Gasteiger partial charge in [0.25, 0.3) is 0 Å². The van der Waals surface area contributed by atoms with E-state index in [1.54, 1.807) is 14.0 Å². The first-order chi connectivity index (χ1) is 6.11. The van der Waals surface area contributed by atoms with Crippen molar-refractivity contribution < 1.29 is 14.3 Å². The maximum atomic E-state index is 11.2. The van der Waals surface area contributed by atoms with Gasteiger partial charge in [0, 0.05) is 7.11 Å². The molecule has 0 aromatic carbocycles. The molecule has 2 N–H and O–H groups in total. The van der Waals surface area contributed by atoms with Gasteiger partial charge in [0.2, 0.25) is 0 Å².